The zero-order chi connectivity index (χ0) is 19.8. The van der Waals surface area contributed by atoms with Gasteiger partial charge < -0.3 is 20.3 Å². The minimum absolute atomic E-state index is 0.130. The molecule has 142 valence electrons. The molecule has 0 aliphatic heterocycles. The van der Waals surface area contributed by atoms with Crippen LogP contribution in [0.1, 0.15) is 20.8 Å². The second kappa shape index (κ2) is 9.48. The molecular weight excluding hydrogens is 368 g/mol. The predicted octanol–water partition coefficient (Wildman–Crippen LogP) is 2.24. The van der Waals surface area contributed by atoms with Crippen LogP contribution in [-0.2, 0) is 9.53 Å². The van der Waals surface area contributed by atoms with Gasteiger partial charge in [0.25, 0.3) is 11.8 Å². The normalized spacial score (nSPS) is 10.0. The Morgan fingerprint density at radius 1 is 1.26 bits per heavy atom. The van der Waals surface area contributed by atoms with Crippen molar-refractivity contribution in [3.63, 3.8) is 0 Å². The maximum atomic E-state index is 11.9. The molecule has 0 aliphatic carbocycles. The molecule has 9 heteroatoms. The summed E-state index contributed by atoms with van der Waals surface area (Å²) in [5, 5.41) is 7.67. The Labute approximate surface area is 160 Å². The van der Waals surface area contributed by atoms with Gasteiger partial charge in [0.1, 0.15) is 0 Å². The van der Waals surface area contributed by atoms with E-state index in [-0.39, 0.29) is 11.6 Å². The molecule has 27 heavy (non-hydrogen) atoms. The van der Waals surface area contributed by atoms with Gasteiger partial charge in [-0.2, -0.15) is 0 Å². The number of esters is 1. The van der Waals surface area contributed by atoms with E-state index >= 15 is 0 Å². The van der Waals surface area contributed by atoms with Gasteiger partial charge in [0, 0.05) is 37.3 Å². The van der Waals surface area contributed by atoms with Crippen molar-refractivity contribution in [3.8, 4) is 0 Å². The van der Waals surface area contributed by atoms with Gasteiger partial charge in [-0.25, -0.2) is 9.78 Å². The summed E-state index contributed by atoms with van der Waals surface area (Å²) < 4.78 is 4.96. The quantitative estimate of drug-likeness (QED) is 0.531. The van der Waals surface area contributed by atoms with Crippen LogP contribution in [0, 0.1) is 0 Å². The monoisotopic (exact) mass is 388 g/mol. The lowest BCUT2D eigenvalue weighted by Crippen LogP contribution is -2.22. The molecule has 1 heterocycles. The highest BCUT2D eigenvalue weighted by Gasteiger charge is 2.14. The SMILES string of the molecule is C=CCNc1nc(C(=O)OCC(=O)Nc2ccc(C(=O)N(C)C)cc2)cs1. The molecule has 0 saturated heterocycles. The fraction of sp³-hybridized carbons (Fsp3) is 0.222. The molecule has 1 aromatic carbocycles. The lowest BCUT2D eigenvalue weighted by atomic mass is 10.2. The van der Waals surface area contributed by atoms with Gasteiger partial charge in [-0.3, -0.25) is 9.59 Å². The molecule has 0 radical (unpaired) electrons. The molecule has 2 amide bonds. The maximum Gasteiger partial charge on any atom is 0.358 e. The highest BCUT2D eigenvalue weighted by atomic mass is 32.1. The summed E-state index contributed by atoms with van der Waals surface area (Å²) in [6.45, 7) is 3.67. The summed E-state index contributed by atoms with van der Waals surface area (Å²) >= 11 is 1.26. The van der Waals surface area contributed by atoms with Crippen molar-refractivity contribution >= 4 is 39.9 Å². The van der Waals surface area contributed by atoms with E-state index in [1.54, 1.807) is 49.8 Å². The second-order valence-corrected chi connectivity index (χ2v) is 6.47. The number of anilines is 2. The Kier molecular flexibility index (Phi) is 7.07. The lowest BCUT2D eigenvalue weighted by Gasteiger charge is -2.11. The lowest BCUT2D eigenvalue weighted by molar-refractivity contribution is -0.119. The molecule has 0 bridgehead atoms. The first-order valence-corrected chi connectivity index (χ1v) is 8.87. The van der Waals surface area contributed by atoms with E-state index in [0.29, 0.717) is 22.9 Å². The molecule has 0 spiro atoms. The number of amides is 2. The van der Waals surface area contributed by atoms with Crippen molar-refractivity contribution in [2.24, 2.45) is 0 Å². The van der Waals surface area contributed by atoms with Crippen molar-refractivity contribution in [2.45, 2.75) is 0 Å². The Hall–Kier alpha value is -3.20. The van der Waals surface area contributed by atoms with E-state index in [1.165, 1.54) is 16.2 Å². The van der Waals surface area contributed by atoms with Crippen molar-refractivity contribution < 1.29 is 19.1 Å². The third-order valence-corrected chi connectivity index (χ3v) is 4.07. The van der Waals surface area contributed by atoms with Crippen molar-refractivity contribution in [2.75, 3.05) is 37.9 Å². The predicted molar refractivity (Wildman–Crippen MR) is 104 cm³/mol. The molecule has 8 nitrogen and oxygen atoms in total. The highest BCUT2D eigenvalue weighted by Crippen LogP contribution is 2.16. The number of rotatable bonds is 8. The summed E-state index contributed by atoms with van der Waals surface area (Å²) in [6, 6.07) is 6.43. The van der Waals surface area contributed by atoms with Crippen LogP contribution in [0.2, 0.25) is 0 Å². The highest BCUT2D eigenvalue weighted by molar-refractivity contribution is 7.13. The summed E-state index contributed by atoms with van der Waals surface area (Å²) in [7, 11) is 3.32. The zero-order valence-electron chi connectivity index (χ0n) is 15.0. The Bertz CT molecular complexity index is 830. The molecule has 1 aromatic heterocycles. The topological polar surface area (TPSA) is 101 Å². The van der Waals surface area contributed by atoms with E-state index < -0.39 is 18.5 Å². The van der Waals surface area contributed by atoms with Crippen LogP contribution < -0.4 is 10.6 Å². The number of benzene rings is 1. The van der Waals surface area contributed by atoms with Crippen LogP contribution in [-0.4, -0.2) is 54.9 Å². The second-order valence-electron chi connectivity index (χ2n) is 5.61. The van der Waals surface area contributed by atoms with Gasteiger partial charge in [-0.05, 0) is 24.3 Å². The first-order chi connectivity index (χ1) is 12.9. The Balaban J connectivity index is 1.83. The van der Waals surface area contributed by atoms with Crippen LogP contribution in [0.25, 0.3) is 0 Å². The number of thiazole rings is 1. The summed E-state index contributed by atoms with van der Waals surface area (Å²) in [5.41, 5.74) is 1.13. The average Bonchev–Trinajstić information content (AvgIpc) is 3.13. The molecular formula is C18H20N4O4S. The molecule has 2 N–H and O–H groups in total. The van der Waals surface area contributed by atoms with Gasteiger partial charge in [-0.1, -0.05) is 6.08 Å². The number of carbonyl (C=O) groups is 3. The largest absolute Gasteiger partial charge is 0.451 e. The molecule has 2 rings (SSSR count). The van der Waals surface area contributed by atoms with Gasteiger partial charge in [-0.15, -0.1) is 17.9 Å². The Morgan fingerprint density at radius 2 is 1.96 bits per heavy atom. The van der Waals surface area contributed by atoms with Crippen molar-refractivity contribution in [1.82, 2.24) is 9.88 Å². The summed E-state index contributed by atoms with van der Waals surface area (Å²) in [6.07, 6.45) is 1.67. The van der Waals surface area contributed by atoms with E-state index in [2.05, 4.69) is 22.2 Å². The maximum absolute atomic E-state index is 11.9. The number of hydrogen-bond donors (Lipinski definition) is 2. The summed E-state index contributed by atoms with van der Waals surface area (Å²) in [4.78, 5) is 41.2. The Morgan fingerprint density at radius 3 is 2.59 bits per heavy atom. The minimum Gasteiger partial charge on any atom is -0.451 e. The smallest absolute Gasteiger partial charge is 0.358 e. The fourth-order valence-electron chi connectivity index (χ4n) is 1.96. The molecule has 0 atom stereocenters. The summed E-state index contributed by atoms with van der Waals surface area (Å²) in [5.74, 6) is -1.30. The number of aromatic nitrogens is 1. The molecule has 0 fully saturated rings. The minimum atomic E-state index is -0.681. The van der Waals surface area contributed by atoms with E-state index in [1.807, 2.05) is 0 Å². The number of ether oxygens (including phenoxy) is 1. The number of carbonyl (C=O) groups excluding carboxylic acids is 3. The van der Waals surface area contributed by atoms with Crippen LogP contribution in [0.3, 0.4) is 0 Å². The van der Waals surface area contributed by atoms with Gasteiger partial charge >= 0.3 is 5.97 Å². The van der Waals surface area contributed by atoms with Crippen molar-refractivity contribution in [3.05, 3.63) is 53.6 Å². The van der Waals surface area contributed by atoms with E-state index in [4.69, 9.17) is 4.74 Å². The molecule has 0 saturated carbocycles. The third kappa shape index (κ3) is 5.93. The van der Waals surface area contributed by atoms with Crippen LogP contribution >= 0.6 is 11.3 Å². The first kappa shape index (κ1) is 20.1. The number of nitrogens with one attached hydrogen (secondary N) is 2. The molecule has 0 aliphatic rings. The molecule has 2 aromatic rings. The van der Waals surface area contributed by atoms with E-state index in [9.17, 15) is 14.4 Å². The van der Waals surface area contributed by atoms with Crippen LogP contribution in [0.4, 0.5) is 10.8 Å². The van der Waals surface area contributed by atoms with Gasteiger partial charge in [0.05, 0.1) is 0 Å². The van der Waals surface area contributed by atoms with Crippen LogP contribution in [0.15, 0.2) is 42.3 Å². The fourth-order valence-corrected chi connectivity index (χ4v) is 2.65. The number of hydrogen-bond acceptors (Lipinski definition) is 7. The third-order valence-electron chi connectivity index (χ3n) is 3.27. The van der Waals surface area contributed by atoms with Crippen molar-refractivity contribution in [1.29, 1.82) is 0 Å². The number of nitrogens with zero attached hydrogens (tertiary/aromatic N) is 2. The standard InChI is InChI=1S/C18H20N4O4S/c1-4-9-19-18-21-14(11-27-18)17(25)26-10-15(23)20-13-7-5-12(6-8-13)16(24)22(2)3/h4-8,11H,1,9-10H2,2-3H3,(H,19,21)(H,20,23). The molecule has 0 unspecified atom stereocenters. The van der Waals surface area contributed by atoms with Gasteiger partial charge in [0.15, 0.2) is 17.4 Å². The first-order valence-electron chi connectivity index (χ1n) is 7.99. The van der Waals surface area contributed by atoms with Crippen LogP contribution in [0.5, 0.6) is 0 Å². The van der Waals surface area contributed by atoms with E-state index in [0.717, 1.165) is 0 Å². The van der Waals surface area contributed by atoms with Gasteiger partial charge in [0.2, 0.25) is 0 Å². The zero-order valence-corrected chi connectivity index (χ0v) is 15.8. The average molecular weight is 388 g/mol.